The summed E-state index contributed by atoms with van der Waals surface area (Å²) in [6, 6.07) is 16.0. The van der Waals surface area contributed by atoms with Crippen molar-refractivity contribution in [2.24, 2.45) is 5.73 Å². The number of nitrogens with two attached hydrogens (primary N) is 1. The van der Waals surface area contributed by atoms with Gasteiger partial charge in [0.25, 0.3) is 0 Å². The van der Waals surface area contributed by atoms with Crippen LogP contribution in [-0.2, 0) is 25.7 Å². The zero-order chi connectivity index (χ0) is 14.7. The van der Waals surface area contributed by atoms with Crippen molar-refractivity contribution >= 4 is 0 Å². The lowest BCUT2D eigenvalue weighted by atomic mass is 9.97. The Kier molecular flexibility index (Phi) is 4.40. The molecular formula is C20H25N. The molecule has 1 nitrogen and oxygen atoms in total. The van der Waals surface area contributed by atoms with E-state index in [9.17, 15) is 0 Å². The lowest BCUT2D eigenvalue weighted by Crippen LogP contribution is -2.23. The SMILES string of the molecule is Cc1cccc(CCC(N)Cc2ccc3c(c2)CCC3)c1. The molecule has 1 aliphatic carbocycles. The first-order valence-electron chi connectivity index (χ1n) is 8.12. The zero-order valence-electron chi connectivity index (χ0n) is 12.9. The molecule has 0 radical (unpaired) electrons. The highest BCUT2D eigenvalue weighted by Gasteiger charge is 2.12. The molecule has 0 saturated heterocycles. The Morgan fingerprint density at radius 2 is 1.86 bits per heavy atom. The highest BCUT2D eigenvalue weighted by molar-refractivity contribution is 5.35. The van der Waals surface area contributed by atoms with Crippen LogP contribution in [0.25, 0.3) is 0 Å². The summed E-state index contributed by atoms with van der Waals surface area (Å²) in [4.78, 5) is 0. The van der Waals surface area contributed by atoms with Crippen molar-refractivity contribution in [1.82, 2.24) is 0 Å². The van der Waals surface area contributed by atoms with Gasteiger partial charge in [-0.3, -0.25) is 0 Å². The third kappa shape index (κ3) is 3.74. The predicted molar refractivity (Wildman–Crippen MR) is 89.6 cm³/mol. The normalized spacial score (nSPS) is 15.0. The van der Waals surface area contributed by atoms with E-state index in [1.807, 2.05) is 0 Å². The number of rotatable bonds is 5. The first-order chi connectivity index (χ1) is 10.2. The van der Waals surface area contributed by atoms with E-state index in [4.69, 9.17) is 5.73 Å². The number of benzene rings is 2. The van der Waals surface area contributed by atoms with Crippen molar-refractivity contribution in [2.75, 3.05) is 0 Å². The standard InChI is InChI=1S/C20H25N/c1-15-4-2-5-16(12-15)9-11-20(21)14-17-8-10-18-6-3-7-19(18)13-17/h2,4-5,8,10,12-13,20H,3,6-7,9,11,14,21H2,1H3. The summed E-state index contributed by atoms with van der Waals surface area (Å²) in [5.74, 6) is 0. The van der Waals surface area contributed by atoms with Gasteiger partial charge in [-0.1, -0.05) is 48.0 Å². The number of hydrogen-bond acceptors (Lipinski definition) is 1. The second kappa shape index (κ2) is 6.44. The molecule has 1 aliphatic rings. The topological polar surface area (TPSA) is 26.0 Å². The van der Waals surface area contributed by atoms with Gasteiger partial charge >= 0.3 is 0 Å². The molecule has 0 fully saturated rings. The maximum absolute atomic E-state index is 6.34. The second-order valence-corrected chi connectivity index (χ2v) is 6.45. The molecule has 3 rings (SSSR count). The Labute approximate surface area is 128 Å². The summed E-state index contributed by atoms with van der Waals surface area (Å²) in [6.07, 6.45) is 6.96. The Hall–Kier alpha value is -1.60. The molecule has 0 amide bonds. The van der Waals surface area contributed by atoms with Gasteiger partial charge in [0, 0.05) is 6.04 Å². The summed E-state index contributed by atoms with van der Waals surface area (Å²) < 4.78 is 0. The van der Waals surface area contributed by atoms with Crippen molar-refractivity contribution in [3.63, 3.8) is 0 Å². The molecule has 2 aromatic rings. The summed E-state index contributed by atoms with van der Waals surface area (Å²) >= 11 is 0. The predicted octanol–water partition coefficient (Wildman–Crippen LogP) is 3.99. The van der Waals surface area contributed by atoms with Gasteiger partial charge < -0.3 is 5.73 Å². The maximum atomic E-state index is 6.34. The first-order valence-corrected chi connectivity index (χ1v) is 8.12. The lowest BCUT2D eigenvalue weighted by Gasteiger charge is -2.13. The fourth-order valence-electron chi connectivity index (χ4n) is 3.38. The smallest absolute Gasteiger partial charge is 0.00824 e. The van der Waals surface area contributed by atoms with Gasteiger partial charge in [-0.05, 0) is 67.7 Å². The van der Waals surface area contributed by atoms with Crippen molar-refractivity contribution in [2.45, 2.75) is 51.5 Å². The molecule has 0 aromatic heterocycles. The van der Waals surface area contributed by atoms with Crippen molar-refractivity contribution in [3.8, 4) is 0 Å². The first kappa shape index (κ1) is 14.3. The van der Waals surface area contributed by atoms with Crippen LogP contribution in [0.1, 0.15) is 40.7 Å². The molecule has 0 saturated carbocycles. The van der Waals surface area contributed by atoms with Crippen LogP contribution in [0.3, 0.4) is 0 Å². The van der Waals surface area contributed by atoms with Crippen LogP contribution in [0.15, 0.2) is 42.5 Å². The number of hydrogen-bond donors (Lipinski definition) is 1. The monoisotopic (exact) mass is 279 g/mol. The summed E-state index contributed by atoms with van der Waals surface area (Å²) in [5.41, 5.74) is 13.6. The summed E-state index contributed by atoms with van der Waals surface area (Å²) in [7, 11) is 0. The van der Waals surface area contributed by atoms with Gasteiger partial charge in [0.05, 0.1) is 0 Å². The molecule has 1 heteroatoms. The highest BCUT2D eigenvalue weighted by atomic mass is 14.6. The van der Waals surface area contributed by atoms with E-state index in [0.717, 1.165) is 19.3 Å². The maximum Gasteiger partial charge on any atom is 0.00824 e. The van der Waals surface area contributed by atoms with E-state index in [1.54, 1.807) is 11.1 Å². The van der Waals surface area contributed by atoms with E-state index in [2.05, 4.69) is 49.4 Å². The van der Waals surface area contributed by atoms with E-state index in [-0.39, 0.29) is 6.04 Å². The van der Waals surface area contributed by atoms with Crippen molar-refractivity contribution in [3.05, 3.63) is 70.3 Å². The van der Waals surface area contributed by atoms with E-state index < -0.39 is 0 Å². The molecule has 0 aliphatic heterocycles. The molecule has 21 heavy (non-hydrogen) atoms. The molecule has 110 valence electrons. The minimum Gasteiger partial charge on any atom is -0.327 e. The summed E-state index contributed by atoms with van der Waals surface area (Å²) in [6.45, 7) is 2.15. The van der Waals surface area contributed by atoms with Crippen molar-refractivity contribution in [1.29, 1.82) is 0 Å². The van der Waals surface area contributed by atoms with Gasteiger partial charge in [-0.25, -0.2) is 0 Å². The van der Waals surface area contributed by atoms with Crippen molar-refractivity contribution < 1.29 is 0 Å². The Bertz CT molecular complexity index is 615. The molecule has 2 aromatic carbocycles. The molecular weight excluding hydrogens is 254 g/mol. The third-order valence-electron chi connectivity index (χ3n) is 4.55. The van der Waals surface area contributed by atoms with Crippen LogP contribution in [0, 0.1) is 6.92 Å². The largest absolute Gasteiger partial charge is 0.327 e. The van der Waals surface area contributed by atoms with Crippen LogP contribution < -0.4 is 5.73 Å². The van der Waals surface area contributed by atoms with Gasteiger partial charge in [0.1, 0.15) is 0 Å². The summed E-state index contributed by atoms with van der Waals surface area (Å²) in [5, 5.41) is 0. The molecule has 0 bridgehead atoms. The molecule has 0 heterocycles. The third-order valence-corrected chi connectivity index (χ3v) is 4.55. The fourth-order valence-corrected chi connectivity index (χ4v) is 3.38. The van der Waals surface area contributed by atoms with Gasteiger partial charge in [-0.2, -0.15) is 0 Å². The molecule has 1 atom stereocenters. The molecule has 2 N–H and O–H groups in total. The van der Waals surface area contributed by atoms with E-state index >= 15 is 0 Å². The number of fused-ring (bicyclic) bond motifs is 1. The van der Waals surface area contributed by atoms with E-state index in [0.29, 0.717) is 0 Å². The van der Waals surface area contributed by atoms with Crippen LogP contribution in [0.2, 0.25) is 0 Å². The molecule has 1 unspecified atom stereocenters. The Balaban J connectivity index is 1.55. The van der Waals surface area contributed by atoms with Crippen LogP contribution >= 0.6 is 0 Å². The lowest BCUT2D eigenvalue weighted by molar-refractivity contribution is 0.610. The van der Waals surface area contributed by atoms with Gasteiger partial charge in [-0.15, -0.1) is 0 Å². The van der Waals surface area contributed by atoms with Crippen LogP contribution in [-0.4, -0.2) is 6.04 Å². The average molecular weight is 279 g/mol. The highest BCUT2D eigenvalue weighted by Crippen LogP contribution is 2.23. The Morgan fingerprint density at radius 3 is 2.71 bits per heavy atom. The quantitative estimate of drug-likeness (QED) is 0.880. The minimum atomic E-state index is 0.255. The van der Waals surface area contributed by atoms with Crippen LogP contribution in [0.5, 0.6) is 0 Å². The minimum absolute atomic E-state index is 0.255. The average Bonchev–Trinajstić information content (AvgIpc) is 2.93. The van der Waals surface area contributed by atoms with Crippen LogP contribution in [0.4, 0.5) is 0 Å². The van der Waals surface area contributed by atoms with E-state index in [1.165, 1.54) is 36.0 Å². The van der Waals surface area contributed by atoms with Gasteiger partial charge in [0.15, 0.2) is 0 Å². The number of aryl methyl sites for hydroxylation is 4. The molecule has 0 spiro atoms. The Morgan fingerprint density at radius 1 is 1.00 bits per heavy atom. The zero-order valence-corrected chi connectivity index (χ0v) is 12.9. The second-order valence-electron chi connectivity index (χ2n) is 6.45. The van der Waals surface area contributed by atoms with Gasteiger partial charge in [0.2, 0.25) is 0 Å². The fraction of sp³-hybridized carbons (Fsp3) is 0.400.